The molecule has 0 N–H and O–H groups in total. The number of nitrogens with zero attached hydrogens (tertiary/aromatic N) is 1. The van der Waals surface area contributed by atoms with E-state index in [1.54, 1.807) is 0 Å². The molecule has 2 heteroatoms. The van der Waals surface area contributed by atoms with Gasteiger partial charge < -0.3 is 0 Å². The van der Waals surface area contributed by atoms with Gasteiger partial charge in [-0.25, -0.2) is 4.98 Å². The van der Waals surface area contributed by atoms with Crippen LogP contribution in [0.15, 0.2) is 22.8 Å². The van der Waals surface area contributed by atoms with Crippen LogP contribution in [-0.2, 0) is 0 Å². The number of pyridine rings is 1. The minimum atomic E-state index is 0.359. The van der Waals surface area contributed by atoms with E-state index in [1.165, 1.54) is 0 Å². The molecule has 14 heavy (non-hydrogen) atoms. The van der Waals surface area contributed by atoms with Gasteiger partial charge in [0.25, 0.3) is 0 Å². The third-order valence-electron chi connectivity index (χ3n) is 2.26. The highest BCUT2D eigenvalue weighted by Gasteiger charge is 2.15. The molecular weight excluding hydrogens is 238 g/mol. The van der Waals surface area contributed by atoms with E-state index in [2.05, 4.69) is 40.7 Å². The lowest BCUT2D eigenvalue weighted by Crippen LogP contribution is -2.08. The molecule has 0 saturated heterocycles. The molecule has 0 saturated carbocycles. The third-order valence-corrected chi connectivity index (χ3v) is 2.70. The zero-order valence-electron chi connectivity index (χ0n) is 8.50. The van der Waals surface area contributed by atoms with Gasteiger partial charge in [0.2, 0.25) is 0 Å². The maximum Gasteiger partial charge on any atom is 0.106 e. The predicted molar refractivity (Wildman–Crippen MR) is 63.0 cm³/mol. The molecule has 1 rings (SSSR count). The summed E-state index contributed by atoms with van der Waals surface area (Å²) in [6.45, 7) is 4.34. The maximum atomic E-state index is 5.35. The van der Waals surface area contributed by atoms with Gasteiger partial charge in [-0.15, -0.1) is 12.3 Å². The summed E-state index contributed by atoms with van der Waals surface area (Å²) in [6.07, 6.45) is 6.10. The highest BCUT2D eigenvalue weighted by Crippen LogP contribution is 2.26. The van der Waals surface area contributed by atoms with E-state index in [9.17, 15) is 0 Å². The Morgan fingerprint density at radius 3 is 2.71 bits per heavy atom. The minimum absolute atomic E-state index is 0.359. The monoisotopic (exact) mass is 251 g/mol. The minimum Gasteiger partial charge on any atom is -0.246 e. The first kappa shape index (κ1) is 11.3. The quantitative estimate of drug-likeness (QED) is 0.591. The van der Waals surface area contributed by atoms with Crippen LogP contribution < -0.4 is 0 Å². The second-order valence-corrected chi connectivity index (χ2v) is 4.46. The third kappa shape index (κ3) is 2.85. The smallest absolute Gasteiger partial charge is 0.106 e. The number of terminal acetylenes is 1. The van der Waals surface area contributed by atoms with Crippen molar-refractivity contribution in [2.45, 2.75) is 26.2 Å². The van der Waals surface area contributed by atoms with Gasteiger partial charge in [-0.2, -0.15) is 0 Å². The van der Waals surface area contributed by atoms with Crippen molar-refractivity contribution in [2.24, 2.45) is 5.92 Å². The van der Waals surface area contributed by atoms with Crippen molar-refractivity contribution >= 4 is 15.9 Å². The van der Waals surface area contributed by atoms with E-state index in [-0.39, 0.29) is 0 Å². The fraction of sp³-hybridized carbons (Fsp3) is 0.417. The SMILES string of the molecule is C#CCC(c1cccc(Br)n1)C(C)C. The Balaban J connectivity index is 2.94. The lowest BCUT2D eigenvalue weighted by Gasteiger charge is -2.17. The number of halogens is 1. The lowest BCUT2D eigenvalue weighted by molar-refractivity contribution is 0.496. The Labute approximate surface area is 94.1 Å². The van der Waals surface area contributed by atoms with Crippen molar-refractivity contribution < 1.29 is 0 Å². The fourth-order valence-electron chi connectivity index (χ4n) is 1.44. The summed E-state index contributed by atoms with van der Waals surface area (Å²) < 4.78 is 0.873. The summed E-state index contributed by atoms with van der Waals surface area (Å²) in [6, 6.07) is 5.96. The first-order valence-corrected chi connectivity index (χ1v) is 5.50. The van der Waals surface area contributed by atoms with Crippen molar-refractivity contribution in [3.05, 3.63) is 28.5 Å². The van der Waals surface area contributed by atoms with Crippen molar-refractivity contribution in [2.75, 3.05) is 0 Å². The van der Waals surface area contributed by atoms with E-state index < -0.39 is 0 Å². The molecule has 1 aromatic rings. The molecule has 0 spiro atoms. The van der Waals surface area contributed by atoms with E-state index in [0.29, 0.717) is 11.8 Å². The van der Waals surface area contributed by atoms with E-state index in [4.69, 9.17) is 6.42 Å². The number of hydrogen-bond acceptors (Lipinski definition) is 1. The zero-order chi connectivity index (χ0) is 10.6. The van der Waals surface area contributed by atoms with Crippen molar-refractivity contribution in [1.82, 2.24) is 4.98 Å². The van der Waals surface area contributed by atoms with Crippen LogP contribution >= 0.6 is 15.9 Å². The number of rotatable bonds is 3. The average molecular weight is 252 g/mol. The topological polar surface area (TPSA) is 12.9 Å². The Kier molecular flexibility index (Phi) is 4.16. The van der Waals surface area contributed by atoms with E-state index in [1.807, 2.05) is 18.2 Å². The van der Waals surface area contributed by atoms with Gasteiger partial charge in [0.15, 0.2) is 0 Å². The predicted octanol–water partition coefficient (Wildman–Crippen LogP) is 3.61. The molecular formula is C12H14BrN. The van der Waals surface area contributed by atoms with Crippen LogP contribution in [0.1, 0.15) is 31.9 Å². The normalized spacial score (nSPS) is 12.5. The van der Waals surface area contributed by atoms with Gasteiger partial charge in [0, 0.05) is 18.0 Å². The Hall–Kier alpha value is -0.810. The summed E-state index contributed by atoms with van der Waals surface area (Å²) in [4.78, 5) is 4.43. The van der Waals surface area contributed by atoms with E-state index in [0.717, 1.165) is 16.7 Å². The van der Waals surface area contributed by atoms with Crippen LogP contribution in [0.3, 0.4) is 0 Å². The molecule has 1 heterocycles. The molecule has 0 aliphatic rings. The maximum absolute atomic E-state index is 5.35. The summed E-state index contributed by atoms with van der Waals surface area (Å²) in [5.41, 5.74) is 1.08. The molecule has 0 bridgehead atoms. The molecule has 0 aromatic carbocycles. The molecule has 74 valence electrons. The Bertz CT molecular complexity index is 338. The van der Waals surface area contributed by atoms with Crippen LogP contribution in [0.2, 0.25) is 0 Å². The van der Waals surface area contributed by atoms with Gasteiger partial charge in [0.1, 0.15) is 4.60 Å². The van der Waals surface area contributed by atoms with Crippen LogP contribution in [-0.4, -0.2) is 4.98 Å². The summed E-state index contributed by atoms with van der Waals surface area (Å²) >= 11 is 3.37. The van der Waals surface area contributed by atoms with Crippen LogP contribution in [0.5, 0.6) is 0 Å². The van der Waals surface area contributed by atoms with Gasteiger partial charge in [-0.1, -0.05) is 19.9 Å². The van der Waals surface area contributed by atoms with Gasteiger partial charge >= 0.3 is 0 Å². The molecule has 1 nitrogen and oxygen atoms in total. The first-order valence-electron chi connectivity index (χ1n) is 4.71. The molecule has 1 aromatic heterocycles. The molecule has 0 amide bonds. The van der Waals surface area contributed by atoms with Crippen molar-refractivity contribution in [3.63, 3.8) is 0 Å². The molecule has 1 atom stereocenters. The second-order valence-electron chi connectivity index (χ2n) is 3.64. The summed E-state index contributed by atoms with van der Waals surface area (Å²) in [5.74, 6) is 3.59. The van der Waals surface area contributed by atoms with Gasteiger partial charge in [-0.3, -0.25) is 0 Å². The summed E-state index contributed by atoms with van der Waals surface area (Å²) in [5, 5.41) is 0. The van der Waals surface area contributed by atoms with Crippen LogP contribution in [0.25, 0.3) is 0 Å². The molecule has 0 aliphatic carbocycles. The fourth-order valence-corrected chi connectivity index (χ4v) is 1.80. The Morgan fingerprint density at radius 1 is 1.50 bits per heavy atom. The van der Waals surface area contributed by atoms with Crippen molar-refractivity contribution in [1.29, 1.82) is 0 Å². The highest BCUT2D eigenvalue weighted by molar-refractivity contribution is 9.10. The molecule has 0 aliphatic heterocycles. The Morgan fingerprint density at radius 2 is 2.21 bits per heavy atom. The standard InChI is InChI=1S/C12H14BrN/c1-4-6-10(9(2)3)11-7-5-8-12(13)14-11/h1,5,7-10H,6H2,2-3H3. The van der Waals surface area contributed by atoms with E-state index >= 15 is 0 Å². The second kappa shape index (κ2) is 5.17. The molecule has 0 radical (unpaired) electrons. The zero-order valence-corrected chi connectivity index (χ0v) is 10.1. The summed E-state index contributed by atoms with van der Waals surface area (Å²) in [7, 11) is 0. The van der Waals surface area contributed by atoms with Crippen LogP contribution in [0.4, 0.5) is 0 Å². The van der Waals surface area contributed by atoms with Crippen molar-refractivity contribution in [3.8, 4) is 12.3 Å². The highest BCUT2D eigenvalue weighted by atomic mass is 79.9. The molecule has 1 unspecified atom stereocenters. The number of aromatic nitrogens is 1. The van der Waals surface area contributed by atoms with Crippen LogP contribution in [0, 0.1) is 18.3 Å². The van der Waals surface area contributed by atoms with Gasteiger partial charge in [0.05, 0.1) is 0 Å². The van der Waals surface area contributed by atoms with Gasteiger partial charge in [-0.05, 0) is 34.0 Å². The largest absolute Gasteiger partial charge is 0.246 e. The first-order chi connectivity index (χ1) is 6.65. The average Bonchev–Trinajstić information content (AvgIpc) is 2.13. The lowest BCUT2D eigenvalue weighted by atomic mass is 9.89. The molecule has 0 fully saturated rings. The number of hydrogen-bond donors (Lipinski definition) is 0.